The summed E-state index contributed by atoms with van der Waals surface area (Å²) in [5.41, 5.74) is 4.80. The third-order valence-corrected chi connectivity index (χ3v) is 6.85. The van der Waals surface area contributed by atoms with Gasteiger partial charge in [-0.05, 0) is 43.5 Å². The van der Waals surface area contributed by atoms with Crippen LogP contribution in [-0.4, -0.2) is 51.9 Å². The van der Waals surface area contributed by atoms with Crippen molar-refractivity contribution in [3.63, 3.8) is 0 Å². The molecule has 1 unspecified atom stereocenters. The van der Waals surface area contributed by atoms with Gasteiger partial charge in [0, 0.05) is 37.5 Å². The summed E-state index contributed by atoms with van der Waals surface area (Å²) >= 11 is 0. The Bertz CT molecular complexity index is 1340. The maximum Gasteiger partial charge on any atom is 0.270 e. The Morgan fingerprint density at radius 1 is 0.971 bits per heavy atom. The number of aromatic nitrogens is 1. The summed E-state index contributed by atoms with van der Waals surface area (Å²) in [5.74, 6) is 0.126. The number of hydrogen-bond donors (Lipinski definition) is 0. The molecule has 0 saturated carbocycles. The molecule has 6 heteroatoms. The van der Waals surface area contributed by atoms with Gasteiger partial charge in [0.05, 0.1) is 12.8 Å². The Labute approximate surface area is 205 Å². The van der Waals surface area contributed by atoms with Gasteiger partial charge >= 0.3 is 0 Å². The van der Waals surface area contributed by atoms with Gasteiger partial charge in [0.1, 0.15) is 5.69 Å². The second kappa shape index (κ2) is 9.82. The van der Waals surface area contributed by atoms with E-state index in [1.165, 1.54) is 11.1 Å². The van der Waals surface area contributed by atoms with Crippen molar-refractivity contribution in [2.75, 3.05) is 19.6 Å². The number of fused-ring (bicyclic) bond motifs is 1. The van der Waals surface area contributed by atoms with Crippen molar-refractivity contribution in [1.82, 2.24) is 14.4 Å². The van der Waals surface area contributed by atoms with Crippen LogP contribution >= 0.6 is 0 Å². The van der Waals surface area contributed by atoms with Crippen LogP contribution in [0.4, 0.5) is 0 Å². The molecular formula is C29H31N3O3. The fourth-order valence-electron chi connectivity index (χ4n) is 5.02. The lowest BCUT2D eigenvalue weighted by Gasteiger charge is -2.40. The minimum absolute atomic E-state index is 0.0210. The van der Waals surface area contributed by atoms with Gasteiger partial charge in [-0.15, -0.1) is 0 Å². The predicted molar refractivity (Wildman–Crippen MR) is 136 cm³/mol. The van der Waals surface area contributed by atoms with Crippen molar-refractivity contribution in [3.8, 4) is 0 Å². The standard InChI is InChI=1S/C29H31N3O3/c1-21-7-6-10-24(17-21)20-32-26(18-25-13-16-35-29(25)32)28(34)30-14-15-31(22(2)19-30)27(33)12-11-23-8-4-3-5-9-23/h3-10,13,16-18,22H,11-12,14-15,19-20H2,1-2H3. The quantitative estimate of drug-likeness (QED) is 0.404. The smallest absolute Gasteiger partial charge is 0.270 e. The molecule has 35 heavy (non-hydrogen) atoms. The summed E-state index contributed by atoms with van der Waals surface area (Å²) in [5, 5.41) is 0.920. The Balaban J connectivity index is 1.28. The zero-order valence-electron chi connectivity index (χ0n) is 20.3. The fraction of sp³-hybridized carbons (Fsp3) is 0.310. The topological polar surface area (TPSA) is 58.7 Å². The van der Waals surface area contributed by atoms with Crippen molar-refractivity contribution in [2.24, 2.45) is 0 Å². The van der Waals surface area contributed by atoms with Crippen LogP contribution in [0.5, 0.6) is 0 Å². The maximum absolute atomic E-state index is 13.6. The van der Waals surface area contributed by atoms with Crippen LogP contribution in [0.25, 0.3) is 11.1 Å². The number of furan rings is 1. The summed E-state index contributed by atoms with van der Waals surface area (Å²) in [4.78, 5) is 30.3. The van der Waals surface area contributed by atoms with Gasteiger partial charge in [0.25, 0.3) is 5.91 Å². The fourth-order valence-corrected chi connectivity index (χ4v) is 5.02. The molecule has 1 aliphatic rings. The number of carbonyl (C=O) groups excluding carboxylic acids is 2. The summed E-state index contributed by atoms with van der Waals surface area (Å²) in [6, 6.07) is 22.2. The molecule has 0 N–H and O–H groups in total. The monoisotopic (exact) mass is 469 g/mol. The minimum Gasteiger partial charge on any atom is -0.448 e. The zero-order valence-corrected chi connectivity index (χ0v) is 20.3. The lowest BCUT2D eigenvalue weighted by molar-refractivity contribution is -0.135. The van der Waals surface area contributed by atoms with Crippen molar-refractivity contribution in [1.29, 1.82) is 0 Å². The molecule has 0 spiro atoms. The van der Waals surface area contributed by atoms with Crippen molar-refractivity contribution in [2.45, 2.75) is 39.3 Å². The Kier molecular flexibility index (Phi) is 6.45. The SMILES string of the molecule is Cc1cccc(Cn2c(C(=O)N3CCN(C(=O)CCc4ccccc4)C(C)C3)cc3ccoc32)c1. The molecule has 2 amide bonds. The second-order valence-corrected chi connectivity index (χ2v) is 9.46. The van der Waals surface area contributed by atoms with E-state index in [0.717, 1.165) is 17.4 Å². The average Bonchev–Trinajstić information content (AvgIpc) is 3.45. The lowest BCUT2D eigenvalue weighted by atomic mass is 10.1. The molecule has 6 nitrogen and oxygen atoms in total. The molecule has 1 atom stereocenters. The van der Waals surface area contributed by atoms with Gasteiger partial charge in [0.2, 0.25) is 11.6 Å². The summed E-state index contributed by atoms with van der Waals surface area (Å²) in [6.07, 6.45) is 2.88. The summed E-state index contributed by atoms with van der Waals surface area (Å²) < 4.78 is 7.71. The van der Waals surface area contributed by atoms with Gasteiger partial charge < -0.3 is 18.8 Å². The van der Waals surface area contributed by atoms with E-state index in [9.17, 15) is 9.59 Å². The van der Waals surface area contributed by atoms with E-state index in [2.05, 4.69) is 37.3 Å². The van der Waals surface area contributed by atoms with E-state index in [1.807, 2.05) is 57.7 Å². The van der Waals surface area contributed by atoms with E-state index in [1.54, 1.807) is 6.26 Å². The molecule has 4 aromatic rings. The highest BCUT2D eigenvalue weighted by molar-refractivity contribution is 5.98. The van der Waals surface area contributed by atoms with Gasteiger partial charge in [-0.1, -0.05) is 60.2 Å². The molecule has 1 fully saturated rings. The molecule has 2 aromatic carbocycles. The maximum atomic E-state index is 13.6. The first-order chi connectivity index (χ1) is 17.0. The number of rotatable bonds is 6. The third kappa shape index (κ3) is 4.87. The Morgan fingerprint density at radius 3 is 2.54 bits per heavy atom. The normalized spacial score (nSPS) is 16.1. The number of aryl methyl sites for hydroxylation is 2. The largest absolute Gasteiger partial charge is 0.448 e. The first kappa shape index (κ1) is 23.0. The van der Waals surface area contributed by atoms with Crippen LogP contribution in [0.15, 0.2) is 77.4 Å². The van der Waals surface area contributed by atoms with Crippen LogP contribution < -0.4 is 0 Å². The molecule has 0 bridgehead atoms. The first-order valence-corrected chi connectivity index (χ1v) is 12.2. The van der Waals surface area contributed by atoms with Crippen molar-refractivity contribution >= 4 is 22.9 Å². The molecular weight excluding hydrogens is 438 g/mol. The van der Waals surface area contributed by atoms with Crippen LogP contribution in [0.2, 0.25) is 0 Å². The predicted octanol–water partition coefficient (Wildman–Crippen LogP) is 4.90. The highest BCUT2D eigenvalue weighted by Crippen LogP contribution is 2.25. The van der Waals surface area contributed by atoms with Crippen LogP contribution in [0, 0.1) is 6.92 Å². The zero-order chi connectivity index (χ0) is 24.4. The molecule has 180 valence electrons. The third-order valence-electron chi connectivity index (χ3n) is 6.85. The molecule has 2 aromatic heterocycles. The van der Waals surface area contributed by atoms with Gasteiger partial charge in [0.15, 0.2) is 0 Å². The number of hydrogen-bond acceptors (Lipinski definition) is 3. The van der Waals surface area contributed by atoms with Crippen LogP contribution in [0.3, 0.4) is 0 Å². The number of piperazine rings is 1. The van der Waals surface area contributed by atoms with Crippen molar-refractivity contribution < 1.29 is 14.0 Å². The molecule has 3 heterocycles. The highest BCUT2D eigenvalue weighted by Gasteiger charge is 2.31. The average molecular weight is 470 g/mol. The van der Waals surface area contributed by atoms with E-state index in [4.69, 9.17) is 4.42 Å². The Morgan fingerprint density at radius 2 is 1.77 bits per heavy atom. The van der Waals surface area contributed by atoms with Gasteiger partial charge in [-0.2, -0.15) is 0 Å². The van der Waals surface area contributed by atoms with E-state index < -0.39 is 0 Å². The summed E-state index contributed by atoms with van der Waals surface area (Å²) in [7, 11) is 0. The minimum atomic E-state index is -0.0286. The van der Waals surface area contributed by atoms with E-state index >= 15 is 0 Å². The molecule has 0 aliphatic carbocycles. The Hall–Kier alpha value is -3.80. The van der Waals surface area contributed by atoms with Gasteiger partial charge in [-0.3, -0.25) is 9.59 Å². The van der Waals surface area contributed by atoms with Crippen LogP contribution in [0.1, 0.15) is 40.5 Å². The van der Waals surface area contributed by atoms with E-state index in [-0.39, 0.29) is 17.9 Å². The summed E-state index contributed by atoms with van der Waals surface area (Å²) in [6.45, 7) is 6.25. The van der Waals surface area contributed by atoms with E-state index in [0.29, 0.717) is 44.0 Å². The number of amides is 2. The number of benzene rings is 2. The molecule has 1 aliphatic heterocycles. The number of carbonyl (C=O) groups is 2. The lowest BCUT2D eigenvalue weighted by Crippen LogP contribution is -2.55. The molecule has 1 saturated heterocycles. The molecule has 5 rings (SSSR count). The first-order valence-electron chi connectivity index (χ1n) is 12.2. The second-order valence-electron chi connectivity index (χ2n) is 9.46. The number of nitrogens with zero attached hydrogens (tertiary/aromatic N) is 3. The van der Waals surface area contributed by atoms with Crippen molar-refractivity contribution in [3.05, 3.63) is 95.4 Å². The highest BCUT2D eigenvalue weighted by atomic mass is 16.3. The van der Waals surface area contributed by atoms with Gasteiger partial charge in [-0.25, -0.2) is 0 Å². The molecule has 0 radical (unpaired) electrons. The van der Waals surface area contributed by atoms with Crippen LogP contribution in [-0.2, 0) is 17.8 Å².